The van der Waals surface area contributed by atoms with Gasteiger partial charge in [-0.25, -0.2) is 4.39 Å². The van der Waals surface area contributed by atoms with E-state index in [0.29, 0.717) is 25.5 Å². The van der Waals surface area contributed by atoms with Gasteiger partial charge >= 0.3 is 0 Å². The Bertz CT molecular complexity index is 1090. The number of benzene rings is 2. The van der Waals surface area contributed by atoms with Crippen molar-refractivity contribution in [1.29, 1.82) is 0 Å². The summed E-state index contributed by atoms with van der Waals surface area (Å²) in [4.78, 5) is 15.8. The summed E-state index contributed by atoms with van der Waals surface area (Å²) in [7, 11) is 0. The highest BCUT2D eigenvalue weighted by Gasteiger charge is 2.27. The monoisotopic (exact) mass is 435 g/mol. The van der Waals surface area contributed by atoms with Crippen LogP contribution in [0, 0.1) is 19.7 Å². The summed E-state index contributed by atoms with van der Waals surface area (Å²) < 4.78 is 21.4. The topological polar surface area (TPSA) is 46.5 Å². The minimum atomic E-state index is -0.277. The zero-order chi connectivity index (χ0) is 22.7. The van der Waals surface area contributed by atoms with E-state index < -0.39 is 0 Å². The number of nitrogens with one attached hydrogen (secondary N) is 1. The van der Waals surface area contributed by atoms with Crippen molar-refractivity contribution >= 4 is 11.6 Å². The second kappa shape index (κ2) is 9.57. The summed E-state index contributed by atoms with van der Waals surface area (Å²) >= 11 is 0. The van der Waals surface area contributed by atoms with Crippen LogP contribution in [0.25, 0.3) is 0 Å². The van der Waals surface area contributed by atoms with Crippen LogP contribution in [0.2, 0.25) is 0 Å². The van der Waals surface area contributed by atoms with Crippen molar-refractivity contribution in [2.45, 2.75) is 33.4 Å². The third-order valence-electron chi connectivity index (χ3n) is 6.15. The number of ether oxygens (including phenoxy) is 1. The van der Waals surface area contributed by atoms with Crippen molar-refractivity contribution in [3.63, 3.8) is 0 Å². The largest absolute Gasteiger partial charge is 0.378 e. The van der Waals surface area contributed by atoms with E-state index in [4.69, 9.17) is 4.74 Å². The number of rotatable bonds is 6. The molecule has 168 valence electrons. The minimum Gasteiger partial charge on any atom is -0.378 e. The third-order valence-corrected chi connectivity index (χ3v) is 6.15. The molecule has 1 N–H and O–H groups in total. The Morgan fingerprint density at radius 1 is 1.09 bits per heavy atom. The number of aromatic nitrogens is 1. The molecule has 1 fully saturated rings. The quantitative estimate of drug-likeness (QED) is 0.615. The number of amides is 1. The van der Waals surface area contributed by atoms with E-state index >= 15 is 0 Å². The number of nitrogens with zero attached hydrogens (tertiary/aromatic N) is 2. The van der Waals surface area contributed by atoms with Gasteiger partial charge in [0.2, 0.25) is 0 Å². The maximum atomic E-state index is 13.9. The minimum absolute atomic E-state index is 0.127. The molecular formula is C26H30FN3O2. The van der Waals surface area contributed by atoms with Crippen LogP contribution < -0.4 is 10.2 Å². The van der Waals surface area contributed by atoms with E-state index in [-0.39, 0.29) is 17.8 Å². The first-order valence-corrected chi connectivity index (χ1v) is 11.1. The first kappa shape index (κ1) is 22.1. The van der Waals surface area contributed by atoms with E-state index in [2.05, 4.69) is 10.2 Å². The fourth-order valence-corrected chi connectivity index (χ4v) is 4.53. The van der Waals surface area contributed by atoms with Crippen LogP contribution in [-0.2, 0) is 11.3 Å². The Kier molecular flexibility index (Phi) is 6.61. The Hall–Kier alpha value is -3.12. The van der Waals surface area contributed by atoms with E-state index in [1.807, 2.05) is 61.7 Å². The normalized spacial score (nSPS) is 14.9. The smallest absolute Gasteiger partial charge is 0.268 e. The number of hydrogen-bond donors (Lipinski definition) is 1. The number of anilines is 1. The lowest BCUT2D eigenvalue weighted by Crippen LogP contribution is -2.36. The molecule has 5 nitrogen and oxygen atoms in total. The number of halogens is 1. The van der Waals surface area contributed by atoms with Crippen LogP contribution in [-0.4, -0.2) is 36.8 Å². The Morgan fingerprint density at radius 3 is 2.50 bits per heavy atom. The van der Waals surface area contributed by atoms with Crippen LogP contribution in [0.3, 0.4) is 0 Å². The summed E-state index contributed by atoms with van der Waals surface area (Å²) in [6.07, 6.45) is 0. The van der Waals surface area contributed by atoms with Gasteiger partial charge in [-0.05, 0) is 44.0 Å². The van der Waals surface area contributed by atoms with E-state index in [1.54, 1.807) is 6.07 Å². The van der Waals surface area contributed by atoms with Gasteiger partial charge < -0.3 is 19.5 Å². The van der Waals surface area contributed by atoms with Crippen LogP contribution in [0.1, 0.15) is 45.8 Å². The lowest BCUT2D eigenvalue weighted by Gasteiger charge is -2.29. The van der Waals surface area contributed by atoms with Gasteiger partial charge in [-0.1, -0.05) is 42.5 Å². The molecule has 1 saturated heterocycles. The Balaban J connectivity index is 1.72. The molecule has 1 unspecified atom stereocenters. The van der Waals surface area contributed by atoms with E-state index in [0.717, 1.165) is 41.2 Å². The second-order valence-corrected chi connectivity index (χ2v) is 8.33. The van der Waals surface area contributed by atoms with Gasteiger partial charge in [0.05, 0.1) is 24.9 Å². The molecule has 1 aliphatic rings. The predicted molar refractivity (Wildman–Crippen MR) is 125 cm³/mol. The van der Waals surface area contributed by atoms with Gasteiger partial charge in [-0.3, -0.25) is 4.79 Å². The average Bonchev–Trinajstić information content (AvgIpc) is 3.04. The zero-order valence-corrected chi connectivity index (χ0v) is 18.9. The fourth-order valence-electron chi connectivity index (χ4n) is 4.53. The molecule has 0 saturated carbocycles. The summed E-state index contributed by atoms with van der Waals surface area (Å²) in [6, 6.07) is 16.3. The Labute approximate surface area is 188 Å². The summed E-state index contributed by atoms with van der Waals surface area (Å²) in [6.45, 7) is 9.35. The van der Waals surface area contributed by atoms with Gasteiger partial charge in [0.25, 0.3) is 5.91 Å². The molecule has 0 bridgehead atoms. The second-order valence-electron chi connectivity index (χ2n) is 8.33. The highest BCUT2D eigenvalue weighted by atomic mass is 19.1. The van der Waals surface area contributed by atoms with Crippen molar-refractivity contribution in [1.82, 2.24) is 9.88 Å². The first-order valence-electron chi connectivity index (χ1n) is 11.1. The van der Waals surface area contributed by atoms with Crippen LogP contribution in [0.5, 0.6) is 0 Å². The molecule has 0 radical (unpaired) electrons. The summed E-state index contributed by atoms with van der Waals surface area (Å²) in [5, 5.41) is 3.16. The van der Waals surface area contributed by atoms with Crippen LogP contribution >= 0.6 is 0 Å². The molecular weight excluding hydrogens is 405 g/mol. The molecule has 6 heteroatoms. The lowest BCUT2D eigenvalue weighted by atomic mass is 10.1. The molecule has 1 amide bonds. The number of morpholine rings is 1. The van der Waals surface area contributed by atoms with Crippen molar-refractivity contribution < 1.29 is 13.9 Å². The van der Waals surface area contributed by atoms with Gasteiger partial charge in [0, 0.05) is 30.9 Å². The third kappa shape index (κ3) is 4.55. The molecule has 3 aromatic rings. The van der Waals surface area contributed by atoms with E-state index in [9.17, 15) is 9.18 Å². The maximum absolute atomic E-state index is 13.9. The van der Waals surface area contributed by atoms with Crippen LogP contribution in [0.4, 0.5) is 10.1 Å². The van der Waals surface area contributed by atoms with E-state index in [1.165, 1.54) is 12.1 Å². The molecule has 0 aliphatic carbocycles. The molecule has 1 aromatic heterocycles. The van der Waals surface area contributed by atoms with Gasteiger partial charge in [-0.2, -0.15) is 0 Å². The molecule has 32 heavy (non-hydrogen) atoms. The number of carbonyl (C=O) groups is 1. The van der Waals surface area contributed by atoms with Gasteiger partial charge in [0.15, 0.2) is 0 Å². The van der Waals surface area contributed by atoms with Crippen molar-refractivity contribution in [3.05, 3.63) is 88.5 Å². The lowest BCUT2D eigenvalue weighted by molar-refractivity contribution is 0.0930. The summed E-state index contributed by atoms with van der Waals surface area (Å²) in [5.74, 6) is -0.404. The Morgan fingerprint density at radius 2 is 1.81 bits per heavy atom. The average molecular weight is 436 g/mol. The highest BCUT2D eigenvalue weighted by molar-refractivity contribution is 5.97. The van der Waals surface area contributed by atoms with Crippen molar-refractivity contribution in [2.75, 3.05) is 31.2 Å². The van der Waals surface area contributed by atoms with Crippen LogP contribution in [0.15, 0.2) is 54.6 Å². The first-order chi connectivity index (χ1) is 15.5. The molecule has 1 aliphatic heterocycles. The molecule has 0 spiro atoms. The zero-order valence-electron chi connectivity index (χ0n) is 18.9. The molecule has 4 rings (SSSR count). The standard InChI is InChI=1S/C26H30FN3O2/c1-18-24(29-12-14-32-15-13-29)20(3)30(17-21-8-7-11-23(27)16-21)25(18)26(31)28-19(2)22-9-5-4-6-10-22/h4-11,16,19H,12-15,17H2,1-3H3,(H,28,31). The predicted octanol–water partition coefficient (Wildman–Crippen LogP) is 4.62. The van der Waals surface area contributed by atoms with Crippen molar-refractivity contribution in [2.24, 2.45) is 0 Å². The number of carbonyl (C=O) groups excluding carboxylic acids is 1. The van der Waals surface area contributed by atoms with Crippen molar-refractivity contribution in [3.8, 4) is 0 Å². The molecule has 2 heterocycles. The molecule has 1 atom stereocenters. The number of hydrogen-bond acceptors (Lipinski definition) is 3. The maximum Gasteiger partial charge on any atom is 0.268 e. The van der Waals surface area contributed by atoms with Gasteiger partial charge in [0.1, 0.15) is 11.5 Å². The fraction of sp³-hybridized carbons (Fsp3) is 0.346. The molecule has 2 aromatic carbocycles. The van der Waals surface area contributed by atoms with Gasteiger partial charge in [-0.15, -0.1) is 0 Å². The SMILES string of the molecule is Cc1c(N2CCOCC2)c(C)n(Cc2cccc(F)c2)c1C(=O)NC(C)c1ccccc1. The highest BCUT2D eigenvalue weighted by Crippen LogP contribution is 2.32. The summed E-state index contributed by atoms with van der Waals surface area (Å²) in [5.41, 5.74) is 5.51.